The van der Waals surface area contributed by atoms with Crippen LogP contribution in [0.25, 0.3) is 0 Å². The summed E-state index contributed by atoms with van der Waals surface area (Å²) in [6.07, 6.45) is 1.39. The molecule has 1 saturated heterocycles. The summed E-state index contributed by atoms with van der Waals surface area (Å²) in [7, 11) is 0. The zero-order valence-electron chi connectivity index (χ0n) is 16.8. The van der Waals surface area contributed by atoms with Crippen LogP contribution in [0.3, 0.4) is 0 Å². The topological polar surface area (TPSA) is 38.3 Å². The summed E-state index contributed by atoms with van der Waals surface area (Å²) in [4.78, 5) is 13.8. The summed E-state index contributed by atoms with van der Waals surface area (Å²) in [5.74, 6) is 0.0732. The summed E-state index contributed by atoms with van der Waals surface area (Å²) >= 11 is 0. The Hall–Kier alpha value is -2.91. The molecule has 3 nitrogen and oxygen atoms in total. The monoisotopic (exact) mass is 385 g/mol. The lowest BCUT2D eigenvalue weighted by Gasteiger charge is -2.37. The van der Waals surface area contributed by atoms with Crippen molar-refractivity contribution in [3.63, 3.8) is 0 Å². The molecule has 0 unspecified atom stereocenters. The van der Waals surface area contributed by atoms with Crippen LogP contribution >= 0.6 is 0 Å². The molecule has 1 amide bonds. The van der Waals surface area contributed by atoms with Gasteiger partial charge < -0.3 is 10.1 Å². The lowest BCUT2D eigenvalue weighted by atomic mass is 9.73. The predicted octanol–water partition coefficient (Wildman–Crippen LogP) is 4.95. The Morgan fingerprint density at radius 3 is 2.10 bits per heavy atom. The van der Waals surface area contributed by atoms with Gasteiger partial charge in [0.05, 0.1) is 11.5 Å². The Morgan fingerprint density at radius 1 is 0.862 bits per heavy atom. The molecule has 0 bridgehead atoms. The number of amides is 1. The predicted molar refractivity (Wildman–Crippen MR) is 116 cm³/mol. The van der Waals surface area contributed by atoms with Gasteiger partial charge in [0.25, 0.3) is 0 Å². The first-order chi connectivity index (χ1) is 14.2. The quantitative estimate of drug-likeness (QED) is 0.675. The van der Waals surface area contributed by atoms with Crippen LogP contribution in [0, 0.1) is 6.92 Å². The van der Waals surface area contributed by atoms with Gasteiger partial charge in [-0.1, -0.05) is 84.9 Å². The van der Waals surface area contributed by atoms with E-state index < -0.39 is 5.41 Å². The van der Waals surface area contributed by atoms with Crippen molar-refractivity contribution in [2.45, 2.75) is 31.2 Å². The van der Waals surface area contributed by atoms with Crippen molar-refractivity contribution in [1.29, 1.82) is 0 Å². The van der Waals surface area contributed by atoms with E-state index >= 15 is 0 Å². The molecule has 3 aromatic carbocycles. The molecule has 1 N–H and O–H groups in total. The van der Waals surface area contributed by atoms with Gasteiger partial charge in [0.1, 0.15) is 0 Å². The highest BCUT2D eigenvalue weighted by Gasteiger charge is 2.42. The summed E-state index contributed by atoms with van der Waals surface area (Å²) in [6, 6.07) is 28.4. The summed E-state index contributed by atoms with van der Waals surface area (Å²) in [6.45, 7) is 3.30. The van der Waals surface area contributed by atoms with Crippen LogP contribution in [0.5, 0.6) is 0 Å². The van der Waals surface area contributed by atoms with Crippen LogP contribution in [-0.2, 0) is 14.9 Å². The Kier molecular flexibility index (Phi) is 5.77. The maximum atomic E-state index is 13.8. The fourth-order valence-corrected chi connectivity index (χ4v) is 4.29. The lowest BCUT2D eigenvalue weighted by Crippen LogP contribution is -2.49. The molecule has 0 spiro atoms. The molecule has 1 atom stereocenters. The van der Waals surface area contributed by atoms with Crippen molar-refractivity contribution in [3.05, 3.63) is 107 Å². The Bertz CT molecular complexity index is 947. The van der Waals surface area contributed by atoms with Crippen LogP contribution in [0.4, 0.5) is 0 Å². The van der Waals surface area contributed by atoms with Crippen molar-refractivity contribution in [2.24, 2.45) is 0 Å². The maximum absolute atomic E-state index is 13.8. The maximum Gasteiger partial charge on any atom is 0.231 e. The Morgan fingerprint density at radius 2 is 1.45 bits per heavy atom. The van der Waals surface area contributed by atoms with Gasteiger partial charge in [0.15, 0.2) is 0 Å². The SMILES string of the molecule is Cc1ccccc1[C@@H](NC(=O)C1(c2ccccc2)CCOCC1)c1ccccc1. The van der Waals surface area contributed by atoms with Crippen LogP contribution in [0.1, 0.15) is 41.1 Å². The average molecular weight is 386 g/mol. The average Bonchev–Trinajstić information content (AvgIpc) is 2.79. The molecule has 1 heterocycles. The molecule has 0 saturated carbocycles. The van der Waals surface area contributed by atoms with Gasteiger partial charge in [-0.05, 0) is 42.0 Å². The number of rotatable bonds is 5. The van der Waals surface area contributed by atoms with Crippen LogP contribution in [0.15, 0.2) is 84.9 Å². The Labute approximate surface area is 172 Å². The largest absolute Gasteiger partial charge is 0.381 e. The summed E-state index contributed by atoms with van der Waals surface area (Å²) < 4.78 is 5.61. The zero-order chi connectivity index (χ0) is 20.1. The van der Waals surface area contributed by atoms with Crippen molar-refractivity contribution in [2.75, 3.05) is 13.2 Å². The van der Waals surface area contributed by atoms with Gasteiger partial charge in [0, 0.05) is 13.2 Å². The van der Waals surface area contributed by atoms with Crippen LogP contribution < -0.4 is 5.32 Å². The third-order valence-corrected chi connectivity index (χ3v) is 6.02. The zero-order valence-corrected chi connectivity index (χ0v) is 16.8. The second-order valence-corrected chi connectivity index (χ2v) is 7.73. The second kappa shape index (κ2) is 8.62. The van der Waals surface area contributed by atoms with E-state index in [1.54, 1.807) is 0 Å². The second-order valence-electron chi connectivity index (χ2n) is 7.73. The first kappa shape index (κ1) is 19.4. The third kappa shape index (κ3) is 3.96. The fraction of sp³-hybridized carbons (Fsp3) is 0.269. The number of aryl methyl sites for hydroxylation is 1. The molecule has 29 heavy (non-hydrogen) atoms. The minimum absolute atomic E-state index is 0.0732. The van der Waals surface area contributed by atoms with Crippen LogP contribution in [0.2, 0.25) is 0 Å². The van der Waals surface area contributed by atoms with Crippen molar-refractivity contribution >= 4 is 5.91 Å². The molecule has 1 fully saturated rings. The fourth-order valence-electron chi connectivity index (χ4n) is 4.29. The van der Waals surface area contributed by atoms with Crippen molar-refractivity contribution < 1.29 is 9.53 Å². The van der Waals surface area contributed by atoms with E-state index in [0.717, 1.165) is 16.7 Å². The number of hydrogen-bond acceptors (Lipinski definition) is 2. The molecule has 4 rings (SSSR count). The summed E-state index contributed by atoms with van der Waals surface area (Å²) in [5, 5.41) is 3.40. The van der Waals surface area contributed by atoms with E-state index in [1.807, 2.05) is 48.5 Å². The number of ether oxygens (including phenoxy) is 1. The first-order valence-corrected chi connectivity index (χ1v) is 10.3. The van der Waals surface area contributed by atoms with Crippen molar-refractivity contribution in [1.82, 2.24) is 5.32 Å². The van der Waals surface area contributed by atoms with Gasteiger partial charge >= 0.3 is 0 Å². The molecule has 0 aromatic heterocycles. The highest BCUT2D eigenvalue weighted by Crippen LogP contribution is 2.36. The molecular formula is C26H27NO2. The highest BCUT2D eigenvalue weighted by molar-refractivity contribution is 5.89. The Balaban J connectivity index is 1.73. The van der Waals surface area contributed by atoms with E-state index in [4.69, 9.17) is 4.74 Å². The van der Waals surface area contributed by atoms with Gasteiger partial charge in [-0.25, -0.2) is 0 Å². The smallest absolute Gasteiger partial charge is 0.231 e. The number of nitrogens with one attached hydrogen (secondary N) is 1. The van der Waals surface area contributed by atoms with E-state index in [-0.39, 0.29) is 11.9 Å². The van der Waals surface area contributed by atoms with Gasteiger partial charge in [-0.15, -0.1) is 0 Å². The molecule has 3 aromatic rings. The minimum Gasteiger partial charge on any atom is -0.381 e. The number of benzene rings is 3. The third-order valence-electron chi connectivity index (χ3n) is 6.02. The molecule has 148 valence electrons. The molecule has 1 aliphatic heterocycles. The van der Waals surface area contributed by atoms with Crippen LogP contribution in [-0.4, -0.2) is 19.1 Å². The van der Waals surface area contributed by atoms with Gasteiger partial charge in [-0.2, -0.15) is 0 Å². The van der Waals surface area contributed by atoms with E-state index in [1.165, 1.54) is 5.56 Å². The lowest BCUT2D eigenvalue weighted by molar-refractivity contribution is -0.131. The highest BCUT2D eigenvalue weighted by atomic mass is 16.5. The minimum atomic E-state index is -0.560. The molecular weight excluding hydrogens is 358 g/mol. The number of hydrogen-bond donors (Lipinski definition) is 1. The van der Waals surface area contributed by atoms with Crippen molar-refractivity contribution in [3.8, 4) is 0 Å². The normalized spacial score (nSPS) is 16.7. The standard InChI is InChI=1S/C26H27NO2/c1-20-10-8-9-15-23(20)24(21-11-4-2-5-12-21)27-25(28)26(16-18-29-19-17-26)22-13-6-3-7-14-22/h2-15,24H,16-19H2,1H3,(H,27,28)/t24-/m0/s1. The summed E-state index contributed by atoms with van der Waals surface area (Å²) in [5.41, 5.74) is 3.89. The van der Waals surface area contributed by atoms with E-state index in [2.05, 4.69) is 48.6 Å². The van der Waals surface area contributed by atoms with E-state index in [9.17, 15) is 4.79 Å². The molecule has 1 aliphatic rings. The molecule has 0 aliphatic carbocycles. The number of carbonyl (C=O) groups excluding carboxylic acids is 1. The first-order valence-electron chi connectivity index (χ1n) is 10.3. The molecule has 3 heteroatoms. The molecule has 0 radical (unpaired) electrons. The van der Waals surface area contributed by atoms with Gasteiger partial charge in [0.2, 0.25) is 5.91 Å². The number of carbonyl (C=O) groups is 1. The van der Waals surface area contributed by atoms with Gasteiger partial charge in [-0.3, -0.25) is 4.79 Å². The van der Waals surface area contributed by atoms with E-state index in [0.29, 0.717) is 26.1 Å².